The molecular formula is C26H27O8PPd2. The average molecular weight is 711 g/mol. The predicted molar refractivity (Wildman–Crippen MR) is 128 cm³/mol. The third-order valence-electron chi connectivity index (χ3n) is 3.04. The van der Waals surface area contributed by atoms with Gasteiger partial charge < -0.3 is 39.6 Å². The van der Waals surface area contributed by atoms with E-state index in [1.807, 2.05) is 0 Å². The quantitative estimate of drug-likeness (QED) is 0.234. The fourth-order valence-corrected chi connectivity index (χ4v) is 4.48. The van der Waals surface area contributed by atoms with Gasteiger partial charge in [0, 0.05) is 23.9 Å². The first-order valence-electron chi connectivity index (χ1n) is 10.0. The number of hydrogen-bond donors (Lipinski definition) is 0. The first kappa shape index (κ1) is 41.4. The molecule has 8 nitrogen and oxygen atoms in total. The van der Waals surface area contributed by atoms with Crippen LogP contribution in [0.4, 0.5) is 0 Å². The number of hydrogen-bond acceptors (Lipinski definition) is 8. The summed E-state index contributed by atoms with van der Waals surface area (Å²) >= 11 is 0. The maximum atomic E-state index is 8.89. The van der Waals surface area contributed by atoms with E-state index in [4.69, 9.17) is 39.6 Å². The summed E-state index contributed by atoms with van der Waals surface area (Å²) in [5.41, 5.74) is 0. The van der Waals surface area contributed by atoms with Gasteiger partial charge in [-0.3, -0.25) is 0 Å². The Hall–Kier alpha value is -2.71. The van der Waals surface area contributed by atoms with Gasteiger partial charge in [-0.25, -0.2) is 0 Å². The minimum Gasteiger partial charge on any atom is -0.550 e. The number of carboxylic acid groups (broad SMARTS) is 4. The molecule has 0 amide bonds. The first-order chi connectivity index (χ1) is 16.4. The van der Waals surface area contributed by atoms with E-state index in [-0.39, 0.29) is 40.8 Å². The summed E-state index contributed by atoms with van der Waals surface area (Å²) in [5.74, 6) is -4.33. The van der Waals surface area contributed by atoms with Gasteiger partial charge in [0.15, 0.2) is 0 Å². The molecule has 0 radical (unpaired) electrons. The van der Waals surface area contributed by atoms with Crippen LogP contribution in [0.5, 0.6) is 0 Å². The molecule has 3 rings (SSSR count). The molecule has 0 aliphatic rings. The van der Waals surface area contributed by atoms with Crippen molar-refractivity contribution in [3.8, 4) is 0 Å². The maximum Gasteiger partial charge on any atom is 2.00 e. The Morgan fingerprint density at radius 1 is 0.432 bits per heavy atom. The largest absolute Gasteiger partial charge is 2.00 e. The van der Waals surface area contributed by atoms with Crippen molar-refractivity contribution in [3.05, 3.63) is 91.0 Å². The van der Waals surface area contributed by atoms with Crippen molar-refractivity contribution >= 4 is 47.7 Å². The fourth-order valence-electron chi connectivity index (χ4n) is 2.18. The third-order valence-corrected chi connectivity index (χ3v) is 5.49. The molecule has 11 heteroatoms. The van der Waals surface area contributed by atoms with Crippen LogP contribution in [0.15, 0.2) is 91.0 Å². The standard InChI is InChI=1S/C18H15P.4C2H4O2.2Pd/c1-4-10-16(11-5-1)19(17-12-6-2-7-13-17)18-14-8-3-9-15-18;4*1-2(3)4;;/h1-15H;4*1H3,(H,3,4);;/q;;;;;2*+2/p-4. The zero-order chi connectivity index (χ0) is 27.2. The summed E-state index contributed by atoms with van der Waals surface area (Å²) < 4.78 is 0. The topological polar surface area (TPSA) is 161 Å². The smallest absolute Gasteiger partial charge is 0.550 e. The van der Waals surface area contributed by atoms with Crippen LogP contribution in [0.25, 0.3) is 0 Å². The molecule has 3 aromatic carbocycles. The van der Waals surface area contributed by atoms with Crippen molar-refractivity contribution in [2.24, 2.45) is 0 Å². The van der Waals surface area contributed by atoms with E-state index >= 15 is 0 Å². The Labute approximate surface area is 245 Å². The van der Waals surface area contributed by atoms with Gasteiger partial charge in [-0.1, -0.05) is 91.0 Å². The van der Waals surface area contributed by atoms with Gasteiger partial charge in [-0.05, 0) is 51.5 Å². The summed E-state index contributed by atoms with van der Waals surface area (Å²) in [4.78, 5) is 35.6. The minimum atomic E-state index is -1.08. The molecule has 0 saturated carbocycles. The van der Waals surface area contributed by atoms with Crippen LogP contribution in [-0.4, -0.2) is 23.9 Å². The van der Waals surface area contributed by atoms with E-state index in [0.29, 0.717) is 0 Å². The van der Waals surface area contributed by atoms with Crippen LogP contribution in [0, 0.1) is 0 Å². The van der Waals surface area contributed by atoms with Crippen molar-refractivity contribution in [3.63, 3.8) is 0 Å². The van der Waals surface area contributed by atoms with Gasteiger partial charge in [0.25, 0.3) is 0 Å². The van der Waals surface area contributed by atoms with Crippen LogP contribution in [0.1, 0.15) is 27.7 Å². The summed E-state index contributed by atoms with van der Waals surface area (Å²) in [7, 11) is -0.446. The Morgan fingerprint density at radius 3 is 0.703 bits per heavy atom. The maximum absolute atomic E-state index is 8.89. The average Bonchev–Trinajstić information content (AvgIpc) is 2.75. The number of rotatable bonds is 3. The summed E-state index contributed by atoms with van der Waals surface area (Å²) in [6.07, 6.45) is 0. The molecule has 0 unspecified atom stereocenters. The summed E-state index contributed by atoms with van der Waals surface area (Å²) in [6, 6.07) is 32.3. The molecule has 0 aromatic heterocycles. The number of carbonyl (C=O) groups is 4. The third kappa shape index (κ3) is 29.4. The Kier molecular flexibility index (Phi) is 29.5. The van der Waals surface area contributed by atoms with E-state index in [2.05, 4.69) is 91.0 Å². The molecule has 0 aliphatic heterocycles. The molecule has 0 N–H and O–H groups in total. The molecule has 3 aromatic rings. The summed E-state index contributed by atoms with van der Waals surface area (Å²) in [5, 5.41) is 39.7. The van der Waals surface area contributed by atoms with Crippen molar-refractivity contribution in [1.82, 2.24) is 0 Å². The Bertz CT molecular complexity index is 847. The van der Waals surface area contributed by atoms with E-state index in [9.17, 15) is 0 Å². The molecule has 0 saturated heterocycles. The second-order valence-corrected chi connectivity index (χ2v) is 8.53. The molecule has 0 heterocycles. The molecule has 0 atom stereocenters. The van der Waals surface area contributed by atoms with Crippen LogP contribution in [-0.2, 0) is 60.0 Å². The SMILES string of the molecule is CC(=O)[O-].CC(=O)[O-].CC(=O)[O-].CC(=O)[O-].[Pd+2].[Pd+2].c1ccc(P(c2ccccc2)c2ccccc2)cc1. The van der Waals surface area contributed by atoms with Crippen LogP contribution in [0.3, 0.4) is 0 Å². The zero-order valence-corrected chi connectivity index (χ0v) is 24.5. The van der Waals surface area contributed by atoms with Crippen molar-refractivity contribution in [2.45, 2.75) is 27.7 Å². The van der Waals surface area contributed by atoms with E-state index in [1.54, 1.807) is 0 Å². The predicted octanol–water partition coefficient (Wildman–Crippen LogP) is -1.54. The van der Waals surface area contributed by atoms with Crippen molar-refractivity contribution in [2.75, 3.05) is 0 Å². The molecule has 0 spiro atoms. The van der Waals surface area contributed by atoms with Gasteiger partial charge in [-0.15, -0.1) is 0 Å². The van der Waals surface area contributed by atoms with E-state index in [1.165, 1.54) is 15.9 Å². The second kappa shape index (κ2) is 26.4. The summed E-state index contributed by atoms with van der Waals surface area (Å²) in [6.45, 7) is 3.89. The molecule has 37 heavy (non-hydrogen) atoms. The second-order valence-electron chi connectivity index (χ2n) is 6.31. The number of carboxylic acids is 4. The molecule has 0 aliphatic carbocycles. The normalized spacial score (nSPS) is 8.14. The monoisotopic (exact) mass is 710 g/mol. The van der Waals surface area contributed by atoms with E-state index < -0.39 is 31.8 Å². The van der Waals surface area contributed by atoms with Crippen molar-refractivity contribution in [1.29, 1.82) is 0 Å². The van der Waals surface area contributed by atoms with Crippen LogP contribution in [0.2, 0.25) is 0 Å². The van der Waals surface area contributed by atoms with Gasteiger partial charge in [-0.2, -0.15) is 0 Å². The molecule has 0 fully saturated rings. The van der Waals surface area contributed by atoms with Crippen LogP contribution < -0.4 is 36.3 Å². The van der Waals surface area contributed by atoms with Gasteiger partial charge in [0.2, 0.25) is 0 Å². The van der Waals surface area contributed by atoms with Gasteiger partial charge in [0.05, 0.1) is 0 Å². The number of carbonyl (C=O) groups excluding carboxylic acids is 4. The molecular weight excluding hydrogens is 684 g/mol. The fraction of sp³-hybridized carbons (Fsp3) is 0.154. The molecule has 204 valence electrons. The van der Waals surface area contributed by atoms with Crippen molar-refractivity contribution < 1.29 is 80.4 Å². The van der Waals surface area contributed by atoms with Gasteiger partial charge >= 0.3 is 40.8 Å². The zero-order valence-electron chi connectivity index (χ0n) is 20.5. The van der Waals surface area contributed by atoms with E-state index in [0.717, 1.165) is 27.7 Å². The Morgan fingerprint density at radius 2 is 0.568 bits per heavy atom. The van der Waals surface area contributed by atoms with Crippen LogP contribution >= 0.6 is 7.92 Å². The first-order valence-corrected chi connectivity index (χ1v) is 11.4. The minimum absolute atomic E-state index is 0. The number of benzene rings is 3. The molecule has 0 bridgehead atoms. The number of aliphatic carboxylic acids is 4. The van der Waals surface area contributed by atoms with Gasteiger partial charge in [0.1, 0.15) is 0 Å². The Balaban J connectivity index is -0.000000252.